The van der Waals surface area contributed by atoms with Crippen molar-refractivity contribution in [2.45, 2.75) is 130 Å². The summed E-state index contributed by atoms with van der Waals surface area (Å²) in [7, 11) is -2.61. The molecule has 0 bridgehead atoms. The van der Waals surface area contributed by atoms with Gasteiger partial charge in [0.2, 0.25) is 0 Å². The fourth-order valence-corrected chi connectivity index (χ4v) is 7.13. The second-order valence-electron chi connectivity index (χ2n) is 15.7. The number of aliphatic hydroxyl groups excluding tert-OH is 1. The molecule has 8 heteroatoms. The lowest BCUT2D eigenvalue weighted by Crippen LogP contribution is -2.56. The van der Waals surface area contributed by atoms with Gasteiger partial charge in [-0.05, 0) is 65.9 Å². The highest BCUT2D eigenvalue weighted by Crippen LogP contribution is 2.43. The predicted molar refractivity (Wildman–Crippen MR) is 187 cm³/mol. The molecule has 0 unspecified atom stereocenters. The van der Waals surface area contributed by atoms with Gasteiger partial charge < -0.3 is 28.2 Å². The molecule has 44 heavy (non-hydrogen) atoms. The Morgan fingerprint density at radius 2 is 1.23 bits per heavy atom. The third kappa shape index (κ3) is 10.8. The maximum Gasteiger partial charge on any atom is 0.192 e. The van der Waals surface area contributed by atoms with Crippen molar-refractivity contribution < 1.29 is 28.2 Å². The Hall–Kier alpha value is -1.53. The molecule has 0 aliphatic rings. The van der Waals surface area contributed by atoms with E-state index in [-0.39, 0.29) is 35.0 Å². The fraction of sp³-hybridized carbons (Fsp3) is 0.667. The van der Waals surface area contributed by atoms with Crippen molar-refractivity contribution in [3.05, 3.63) is 65.7 Å². The molecular formula is C36H62O6Si2. The molecule has 0 amide bonds. The molecule has 0 aliphatic heterocycles. The Morgan fingerprint density at radius 1 is 0.705 bits per heavy atom. The number of hydrogen-bond acceptors (Lipinski definition) is 6. The van der Waals surface area contributed by atoms with Gasteiger partial charge in [-0.15, -0.1) is 0 Å². The third-order valence-corrected chi connectivity index (χ3v) is 18.8. The van der Waals surface area contributed by atoms with Crippen LogP contribution in [0.4, 0.5) is 0 Å². The largest absolute Gasteiger partial charge is 0.497 e. The van der Waals surface area contributed by atoms with Gasteiger partial charge >= 0.3 is 0 Å². The lowest BCUT2D eigenvalue weighted by molar-refractivity contribution is -0.168. The van der Waals surface area contributed by atoms with E-state index in [1.54, 1.807) is 7.11 Å². The van der Waals surface area contributed by atoms with Gasteiger partial charge in [0.05, 0.1) is 39.1 Å². The summed E-state index contributed by atoms with van der Waals surface area (Å²) in [5.41, 5.74) is 1.62. The molecule has 0 fully saturated rings. The first-order chi connectivity index (χ1) is 20.2. The van der Waals surface area contributed by atoms with Crippen LogP contribution in [0.3, 0.4) is 0 Å². The molecule has 2 aromatic carbocycles. The van der Waals surface area contributed by atoms with E-state index >= 15 is 0 Å². The minimum atomic E-state index is -2.18. The van der Waals surface area contributed by atoms with E-state index in [1.165, 1.54) is 0 Å². The quantitative estimate of drug-likeness (QED) is 0.173. The first kappa shape index (κ1) is 38.7. The van der Waals surface area contributed by atoms with Crippen molar-refractivity contribution in [3.8, 4) is 5.75 Å². The van der Waals surface area contributed by atoms with Crippen LogP contribution in [0.1, 0.15) is 72.9 Å². The number of aliphatic hydroxyl groups is 1. The number of benzene rings is 2. The van der Waals surface area contributed by atoms with Gasteiger partial charge in [-0.25, -0.2) is 0 Å². The Kier molecular flexibility index (Phi) is 13.9. The Morgan fingerprint density at radius 3 is 1.73 bits per heavy atom. The van der Waals surface area contributed by atoms with Crippen LogP contribution in [0, 0.1) is 5.41 Å². The van der Waals surface area contributed by atoms with E-state index in [4.69, 9.17) is 23.1 Å². The molecule has 0 saturated heterocycles. The highest BCUT2D eigenvalue weighted by atomic mass is 28.4. The van der Waals surface area contributed by atoms with Gasteiger partial charge in [0.15, 0.2) is 16.6 Å². The highest BCUT2D eigenvalue weighted by Gasteiger charge is 2.49. The first-order valence-corrected chi connectivity index (χ1v) is 21.9. The highest BCUT2D eigenvalue weighted by molar-refractivity contribution is 6.74. The smallest absolute Gasteiger partial charge is 0.192 e. The van der Waals surface area contributed by atoms with Crippen LogP contribution in [0.5, 0.6) is 5.75 Å². The van der Waals surface area contributed by atoms with Crippen molar-refractivity contribution in [2.24, 2.45) is 5.41 Å². The van der Waals surface area contributed by atoms with E-state index in [2.05, 4.69) is 93.7 Å². The molecule has 0 aliphatic carbocycles. The van der Waals surface area contributed by atoms with Crippen LogP contribution >= 0.6 is 0 Å². The van der Waals surface area contributed by atoms with E-state index in [0.717, 1.165) is 16.9 Å². The molecule has 0 aromatic heterocycles. The maximum absolute atomic E-state index is 10.3. The van der Waals surface area contributed by atoms with Crippen molar-refractivity contribution in [3.63, 3.8) is 0 Å². The summed E-state index contributed by atoms with van der Waals surface area (Å²) in [6, 6.07) is 18.2. The Labute approximate surface area is 271 Å². The zero-order chi connectivity index (χ0) is 33.4. The fourth-order valence-electron chi connectivity index (χ4n) is 4.63. The number of hydrogen-bond donors (Lipinski definition) is 1. The number of ether oxygens (including phenoxy) is 3. The normalized spacial score (nSPS) is 15.6. The average molecular weight is 647 g/mol. The Bertz CT molecular complexity index is 1100. The minimum absolute atomic E-state index is 0.0187. The lowest BCUT2D eigenvalue weighted by Gasteiger charge is -2.49. The average Bonchev–Trinajstić information content (AvgIpc) is 2.93. The molecule has 250 valence electrons. The van der Waals surface area contributed by atoms with Crippen LogP contribution < -0.4 is 4.74 Å². The summed E-state index contributed by atoms with van der Waals surface area (Å²) in [5, 5.41) is 10.3. The van der Waals surface area contributed by atoms with Crippen LogP contribution in [0.15, 0.2) is 54.6 Å². The van der Waals surface area contributed by atoms with Crippen LogP contribution in [0.25, 0.3) is 0 Å². The zero-order valence-corrected chi connectivity index (χ0v) is 32.0. The molecule has 1 N–H and O–H groups in total. The summed E-state index contributed by atoms with van der Waals surface area (Å²) < 4.78 is 33.0. The van der Waals surface area contributed by atoms with E-state index in [0.29, 0.717) is 26.2 Å². The molecule has 2 rings (SSSR count). The lowest BCUT2D eigenvalue weighted by atomic mass is 9.77. The SMILES string of the molecule is COc1ccc(CO[C@@H]([C@H](CO[Si](C)(C)C(C)(C)C)OCc2ccccc2)C(C)(C)[C@H](CCO)O[Si](C)(C)C(C)(C)C)cc1. The van der Waals surface area contributed by atoms with E-state index in [1.807, 2.05) is 42.5 Å². The summed E-state index contributed by atoms with van der Waals surface area (Å²) in [6.45, 7) is 28.3. The monoisotopic (exact) mass is 646 g/mol. The first-order valence-electron chi connectivity index (χ1n) is 16.1. The van der Waals surface area contributed by atoms with Crippen LogP contribution in [0.2, 0.25) is 36.3 Å². The third-order valence-electron chi connectivity index (χ3n) is 9.85. The summed E-state index contributed by atoms with van der Waals surface area (Å²) in [6.07, 6.45) is -0.498. The molecule has 0 spiro atoms. The van der Waals surface area contributed by atoms with Crippen LogP contribution in [-0.4, -0.2) is 60.4 Å². The molecule has 6 nitrogen and oxygen atoms in total. The number of methoxy groups -OCH3 is 1. The van der Waals surface area contributed by atoms with Crippen molar-refractivity contribution >= 4 is 16.6 Å². The second-order valence-corrected chi connectivity index (χ2v) is 25.3. The van der Waals surface area contributed by atoms with Gasteiger partial charge in [0.25, 0.3) is 0 Å². The van der Waals surface area contributed by atoms with E-state index < -0.39 is 22.0 Å². The van der Waals surface area contributed by atoms with Gasteiger partial charge in [-0.3, -0.25) is 0 Å². The zero-order valence-electron chi connectivity index (χ0n) is 30.0. The van der Waals surface area contributed by atoms with Gasteiger partial charge in [-0.1, -0.05) is 97.9 Å². The van der Waals surface area contributed by atoms with Gasteiger partial charge in [-0.2, -0.15) is 0 Å². The maximum atomic E-state index is 10.3. The topological polar surface area (TPSA) is 66.4 Å². The molecule has 0 heterocycles. The molecule has 0 saturated carbocycles. The van der Waals surface area contributed by atoms with Gasteiger partial charge in [0, 0.05) is 12.0 Å². The van der Waals surface area contributed by atoms with Crippen molar-refractivity contribution in [2.75, 3.05) is 20.3 Å². The van der Waals surface area contributed by atoms with Crippen molar-refractivity contribution in [1.29, 1.82) is 0 Å². The summed E-state index contributed by atoms with van der Waals surface area (Å²) in [4.78, 5) is 0. The summed E-state index contributed by atoms with van der Waals surface area (Å²) in [5.74, 6) is 0.809. The standard InChI is InChI=1S/C36H62O6Si2/c1-34(2,3)43(10,11)41-27-31(39-25-28-17-15-14-16-18-28)33(40-26-29-19-21-30(38-9)22-20-29)36(7,8)32(23-24-37)42-44(12,13)35(4,5)6/h14-22,31-33,37H,23-27H2,1-13H3/t31-,32-,33-/m0/s1. The second kappa shape index (κ2) is 15.8. The molecule has 3 atom stereocenters. The molecule has 0 radical (unpaired) electrons. The van der Waals surface area contributed by atoms with E-state index in [9.17, 15) is 5.11 Å². The summed E-state index contributed by atoms with van der Waals surface area (Å²) >= 11 is 0. The van der Waals surface area contributed by atoms with Crippen molar-refractivity contribution in [1.82, 2.24) is 0 Å². The minimum Gasteiger partial charge on any atom is -0.497 e. The van der Waals surface area contributed by atoms with Crippen LogP contribution in [-0.2, 0) is 31.5 Å². The Balaban J connectivity index is 2.56. The molecule has 2 aromatic rings. The molecular weight excluding hydrogens is 585 g/mol. The van der Waals surface area contributed by atoms with Gasteiger partial charge in [0.1, 0.15) is 11.9 Å². The predicted octanol–water partition coefficient (Wildman–Crippen LogP) is 8.99. The number of rotatable bonds is 17.